The van der Waals surface area contributed by atoms with Gasteiger partial charge in [-0.1, -0.05) is 74.5 Å². The van der Waals surface area contributed by atoms with Gasteiger partial charge in [0.2, 0.25) is 0 Å². The summed E-state index contributed by atoms with van der Waals surface area (Å²) in [5.74, 6) is 1.82. The molecule has 6 heteroatoms. The number of fused-ring (bicyclic) bond motifs is 1. The lowest BCUT2D eigenvalue weighted by Gasteiger charge is -2.28. The second kappa shape index (κ2) is 9.01. The van der Waals surface area contributed by atoms with E-state index >= 15 is 0 Å². The number of anilines is 1. The average molecular weight is 476 g/mol. The molecule has 0 spiro atoms. The molecule has 168 valence electrons. The van der Waals surface area contributed by atoms with Crippen molar-refractivity contribution in [1.29, 1.82) is 0 Å². The van der Waals surface area contributed by atoms with Gasteiger partial charge in [0, 0.05) is 41.0 Å². The molecule has 0 fully saturated rings. The van der Waals surface area contributed by atoms with Crippen molar-refractivity contribution >= 4 is 41.1 Å². The summed E-state index contributed by atoms with van der Waals surface area (Å²) < 4.78 is 6.55. The maximum Gasteiger partial charge on any atom is 0.328 e. The van der Waals surface area contributed by atoms with Gasteiger partial charge >= 0.3 is 5.97 Å². The topological polar surface area (TPSA) is 49.8 Å². The first-order chi connectivity index (χ1) is 15.7. The molecule has 1 unspecified atom stereocenters. The van der Waals surface area contributed by atoms with Crippen LogP contribution in [0, 0.1) is 0 Å². The molecule has 1 aliphatic rings. The van der Waals surface area contributed by atoms with Crippen LogP contribution < -0.4 is 14.7 Å². The summed E-state index contributed by atoms with van der Waals surface area (Å²) in [5, 5.41) is 9.82. The summed E-state index contributed by atoms with van der Waals surface area (Å²) in [6.07, 6.45) is 0.0484. The van der Waals surface area contributed by atoms with Crippen LogP contribution in [0.3, 0.4) is 0 Å². The van der Waals surface area contributed by atoms with Crippen LogP contribution in [0.4, 0.5) is 5.69 Å². The minimum absolute atomic E-state index is 0.209. The third kappa shape index (κ3) is 4.66. The maximum absolute atomic E-state index is 10.8. The predicted octanol–water partition coefficient (Wildman–Crippen LogP) is 6.15. The predicted molar refractivity (Wildman–Crippen MR) is 140 cm³/mol. The molecule has 4 nitrogen and oxygen atoms in total. The number of aliphatic carboxylic acids is 1. The zero-order valence-electron chi connectivity index (χ0n) is 18.8. The number of carboxylic acids is 1. The van der Waals surface area contributed by atoms with E-state index in [-0.39, 0.29) is 5.41 Å². The number of rotatable bonds is 6. The Balaban J connectivity index is 1.75. The molecule has 0 aromatic heterocycles. The van der Waals surface area contributed by atoms with Gasteiger partial charge in [-0.25, -0.2) is 4.79 Å². The van der Waals surface area contributed by atoms with Gasteiger partial charge < -0.3 is 14.5 Å². The van der Waals surface area contributed by atoms with Crippen molar-refractivity contribution < 1.29 is 14.4 Å². The summed E-state index contributed by atoms with van der Waals surface area (Å²) >= 11 is 6.27. The average Bonchev–Trinajstić information content (AvgIpc) is 3.00. The Morgan fingerprint density at radius 3 is 2.27 bits per heavy atom. The third-order valence-electron chi connectivity index (χ3n) is 5.89. The zero-order chi connectivity index (χ0) is 23.6. The highest BCUT2D eigenvalue weighted by Crippen LogP contribution is 2.55. The highest BCUT2D eigenvalue weighted by Gasteiger charge is 2.40. The number of hydrogen-bond donors (Lipinski definition) is 1. The lowest BCUT2D eigenvalue weighted by Crippen LogP contribution is -2.24. The molecule has 0 aliphatic carbocycles. The zero-order valence-corrected chi connectivity index (χ0v) is 20.5. The molecule has 1 atom stereocenters. The van der Waals surface area contributed by atoms with Gasteiger partial charge in [0.25, 0.3) is 0 Å². The first-order valence-electron chi connectivity index (χ1n) is 10.6. The minimum atomic E-state index is -2.62. The van der Waals surface area contributed by atoms with Crippen LogP contribution in [0.1, 0.15) is 25.0 Å². The van der Waals surface area contributed by atoms with Crippen LogP contribution in [0.25, 0.3) is 6.08 Å². The molecule has 0 radical (unpaired) electrons. The van der Waals surface area contributed by atoms with Crippen molar-refractivity contribution in [3.05, 3.63) is 108 Å². The molecule has 0 saturated heterocycles. The number of hydrogen-bond acceptors (Lipinski definition) is 4. The van der Waals surface area contributed by atoms with E-state index in [1.807, 2.05) is 54.6 Å². The Morgan fingerprint density at radius 1 is 1.00 bits per heavy atom. The van der Waals surface area contributed by atoms with E-state index < -0.39 is 12.2 Å². The minimum Gasteiger partial charge on any atom is -0.478 e. The van der Waals surface area contributed by atoms with Crippen LogP contribution in [-0.4, -0.2) is 18.1 Å². The van der Waals surface area contributed by atoms with Gasteiger partial charge in [-0.05, 0) is 47.2 Å². The number of nitrogens with zero attached hydrogens (tertiary/aromatic N) is 1. The second-order valence-electron chi connectivity index (χ2n) is 8.48. The summed E-state index contributed by atoms with van der Waals surface area (Å²) in [7, 11) is 2.08. The number of carbonyl (C=O) groups is 1. The highest BCUT2D eigenvalue weighted by molar-refractivity contribution is 8.17. The van der Waals surface area contributed by atoms with Crippen LogP contribution in [0.15, 0.2) is 96.5 Å². The van der Waals surface area contributed by atoms with Crippen LogP contribution >= 0.6 is 6.26 Å². The molecule has 4 rings (SSSR count). The molecule has 0 saturated carbocycles. The number of allylic oxidation sites excluding steroid dienone is 1. The molecule has 1 aliphatic heterocycles. The fraction of sp³-hybridized carbons (Fsp3) is 0.148. The van der Waals surface area contributed by atoms with E-state index in [0.717, 1.165) is 22.6 Å². The van der Waals surface area contributed by atoms with Gasteiger partial charge in [0.1, 0.15) is 5.75 Å². The Morgan fingerprint density at radius 2 is 1.64 bits per heavy atom. The molecule has 33 heavy (non-hydrogen) atoms. The van der Waals surface area contributed by atoms with Crippen molar-refractivity contribution in [1.82, 2.24) is 0 Å². The fourth-order valence-electron chi connectivity index (χ4n) is 4.14. The summed E-state index contributed by atoms with van der Waals surface area (Å²) in [5.41, 5.74) is 4.14. The summed E-state index contributed by atoms with van der Waals surface area (Å²) in [6.45, 7) is 4.44. The number of likely N-dealkylation sites (N-methyl/N-ethyl adjacent to an activating group) is 1. The quantitative estimate of drug-likeness (QED) is 0.342. The molecule has 0 bridgehead atoms. The van der Waals surface area contributed by atoms with E-state index in [2.05, 4.69) is 55.9 Å². The first kappa shape index (κ1) is 23.0. The summed E-state index contributed by atoms with van der Waals surface area (Å²) in [6, 6.07) is 25.7. The number of para-hydroxylation sites is 1. The van der Waals surface area contributed by atoms with Crippen LogP contribution in [0.2, 0.25) is 0 Å². The van der Waals surface area contributed by atoms with E-state index in [4.69, 9.17) is 21.4 Å². The molecular formula is C27H26NO3PS. The SMILES string of the molecule is CN1/C(=C/P(=S)(Oc2ccc(/C=C/C(=O)O)cc2)c2ccccc2)C(C)(C)c2ccccc21. The van der Waals surface area contributed by atoms with Gasteiger partial charge in [-0.2, -0.15) is 0 Å². The van der Waals surface area contributed by atoms with E-state index in [1.54, 1.807) is 6.08 Å². The van der Waals surface area contributed by atoms with Crippen molar-refractivity contribution in [3.8, 4) is 5.75 Å². The lowest BCUT2D eigenvalue weighted by atomic mass is 9.84. The van der Waals surface area contributed by atoms with Crippen molar-refractivity contribution in [2.75, 3.05) is 11.9 Å². The first-order valence-corrected chi connectivity index (χ1v) is 13.4. The Kier molecular flexibility index (Phi) is 6.29. The second-order valence-corrected chi connectivity index (χ2v) is 12.3. The van der Waals surface area contributed by atoms with Gasteiger partial charge in [0.05, 0.1) is 0 Å². The maximum atomic E-state index is 10.8. The lowest BCUT2D eigenvalue weighted by molar-refractivity contribution is -0.131. The van der Waals surface area contributed by atoms with Gasteiger partial charge in [-0.3, -0.25) is 0 Å². The van der Waals surface area contributed by atoms with Crippen molar-refractivity contribution in [3.63, 3.8) is 0 Å². The Labute approximate surface area is 199 Å². The third-order valence-corrected chi connectivity index (χ3v) is 9.15. The highest BCUT2D eigenvalue weighted by atomic mass is 32.4. The summed E-state index contributed by atoms with van der Waals surface area (Å²) in [4.78, 5) is 13.0. The fourth-order valence-corrected chi connectivity index (χ4v) is 7.21. The van der Waals surface area contributed by atoms with E-state index in [9.17, 15) is 4.79 Å². The van der Waals surface area contributed by atoms with E-state index in [1.165, 1.54) is 11.3 Å². The molecule has 1 heterocycles. The standard InChI is InChI=1S/C27H26NO3PS/c1-27(2)23-11-7-8-12-24(23)28(3)25(27)19-32(33,22-9-5-4-6-10-22)31-21-16-13-20(14-17-21)15-18-26(29)30/h4-19H,1-3H3,(H,29,30)/b18-15+,25-19+. The number of benzene rings is 3. The smallest absolute Gasteiger partial charge is 0.328 e. The molecule has 3 aromatic carbocycles. The largest absolute Gasteiger partial charge is 0.478 e. The molecule has 1 N–H and O–H groups in total. The van der Waals surface area contributed by atoms with E-state index in [0.29, 0.717) is 5.75 Å². The number of carboxylic acid groups (broad SMARTS) is 1. The molecule has 3 aromatic rings. The normalized spacial score (nSPS) is 17.7. The Hall–Kier alpha value is -3.14. The van der Waals surface area contributed by atoms with Crippen molar-refractivity contribution in [2.24, 2.45) is 0 Å². The van der Waals surface area contributed by atoms with Crippen LogP contribution in [0.5, 0.6) is 5.75 Å². The van der Waals surface area contributed by atoms with Gasteiger partial charge in [0.15, 0.2) is 6.26 Å². The van der Waals surface area contributed by atoms with Crippen LogP contribution in [-0.2, 0) is 22.0 Å². The Bertz CT molecular complexity index is 1280. The van der Waals surface area contributed by atoms with Crippen molar-refractivity contribution in [2.45, 2.75) is 19.3 Å². The van der Waals surface area contributed by atoms with Gasteiger partial charge in [-0.15, -0.1) is 0 Å². The molecule has 0 amide bonds. The monoisotopic (exact) mass is 475 g/mol. The molecular weight excluding hydrogens is 449 g/mol.